The topological polar surface area (TPSA) is 104 Å². The minimum Gasteiger partial charge on any atom is -0.478 e. The van der Waals surface area contributed by atoms with Crippen molar-refractivity contribution in [1.29, 1.82) is 5.26 Å². The van der Waals surface area contributed by atoms with Crippen LogP contribution in [0.15, 0.2) is 11.8 Å². The molecule has 1 N–H and O–H groups in total. The fraction of sp³-hybridized carbons (Fsp3) is 0. The Hall–Kier alpha value is -1.90. The fourth-order valence-electron chi connectivity index (χ4n) is 0.243. The van der Waals surface area contributed by atoms with Crippen LogP contribution in [0.2, 0.25) is 0 Å². The first-order chi connectivity index (χ1) is 4.57. The van der Waals surface area contributed by atoms with E-state index in [0.717, 1.165) is 6.07 Å². The van der Waals surface area contributed by atoms with Gasteiger partial charge in [-0.2, -0.15) is 5.26 Å². The molecule has 0 aromatic heterocycles. The van der Waals surface area contributed by atoms with Gasteiger partial charge in [0, 0.05) is 0 Å². The van der Waals surface area contributed by atoms with Gasteiger partial charge in [-0.3, -0.25) is 10.1 Å². The molecule has 0 atom stereocenters. The van der Waals surface area contributed by atoms with Crippen molar-refractivity contribution in [2.75, 3.05) is 0 Å². The Labute approximate surface area is 55.1 Å². The number of nitrogens with zero attached hydrogens (tertiary/aromatic N) is 2. The lowest BCUT2D eigenvalue weighted by molar-refractivity contribution is -0.417. The van der Waals surface area contributed by atoms with Crippen LogP contribution >= 0.6 is 0 Å². The molecule has 0 saturated heterocycles. The summed E-state index contributed by atoms with van der Waals surface area (Å²) in [6.07, 6.45) is 0.236. The monoisotopic (exact) mass is 142 g/mol. The van der Waals surface area contributed by atoms with Gasteiger partial charge in [0.25, 0.3) is 0 Å². The molecular weight excluding hydrogens is 140 g/mol. The molecule has 0 spiro atoms. The summed E-state index contributed by atoms with van der Waals surface area (Å²) < 4.78 is 0. The van der Waals surface area contributed by atoms with Crippen molar-refractivity contribution in [3.63, 3.8) is 0 Å². The minimum absolute atomic E-state index is 0.236. The number of nitriles is 1. The number of carboxylic acid groups (broad SMARTS) is 1. The van der Waals surface area contributed by atoms with Gasteiger partial charge in [0.2, 0.25) is 0 Å². The van der Waals surface area contributed by atoms with Crippen LogP contribution in [0.1, 0.15) is 0 Å². The Kier molecular flexibility index (Phi) is 2.58. The van der Waals surface area contributed by atoms with Crippen LogP contribution in [-0.4, -0.2) is 16.0 Å². The Morgan fingerprint density at radius 3 is 2.40 bits per heavy atom. The second kappa shape index (κ2) is 3.19. The van der Waals surface area contributed by atoms with E-state index in [2.05, 4.69) is 0 Å². The van der Waals surface area contributed by atoms with Crippen LogP contribution in [0.25, 0.3) is 0 Å². The van der Waals surface area contributed by atoms with Crippen molar-refractivity contribution in [3.8, 4) is 6.07 Å². The van der Waals surface area contributed by atoms with Crippen LogP contribution in [-0.2, 0) is 4.79 Å². The molecule has 0 heterocycles. The zero-order chi connectivity index (χ0) is 8.15. The highest BCUT2D eigenvalue weighted by atomic mass is 16.6. The SMILES string of the molecule is N#CC(=CC(=O)O)[N+](=O)[O-]. The van der Waals surface area contributed by atoms with E-state index < -0.39 is 16.6 Å². The second-order valence-corrected chi connectivity index (χ2v) is 1.24. The molecule has 0 aromatic carbocycles. The first-order valence-corrected chi connectivity index (χ1v) is 2.07. The minimum atomic E-state index is -1.51. The van der Waals surface area contributed by atoms with Gasteiger partial charge < -0.3 is 5.11 Å². The molecular formula is C4H2N2O4. The van der Waals surface area contributed by atoms with E-state index in [0.29, 0.717) is 0 Å². The Balaban J connectivity index is 4.55. The average molecular weight is 142 g/mol. The van der Waals surface area contributed by atoms with Crippen LogP contribution in [0, 0.1) is 21.4 Å². The van der Waals surface area contributed by atoms with Gasteiger partial charge in [-0.15, -0.1) is 0 Å². The molecule has 0 amide bonds. The summed E-state index contributed by atoms with van der Waals surface area (Å²) >= 11 is 0. The molecule has 0 aliphatic rings. The Morgan fingerprint density at radius 2 is 2.30 bits per heavy atom. The normalized spacial score (nSPS) is 10.1. The highest BCUT2D eigenvalue weighted by molar-refractivity contribution is 5.80. The summed E-state index contributed by atoms with van der Waals surface area (Å²) in [6, 6.07) is 1.11. The number of rotatable bonds is 2. The van der Waals surface area contributed by atoms with Crippen molar-refractivity contribution in [2.24, 2.45) is 0 Å². The van der Waals surface area contributed by atoms with Crippen molar-refractivity contribution in [1.82, 2.24) is 0 Å². The third-order valence-electron chi connectivity index (χ3n) is 0.571. The van der Waals surface area contributed by atoms with Gasteiger partial charge in [-0.05, 0) is 0 Å². The molecule has 0 fully saturated rings. The molecule has 0 rings (SSSR count). The summed E-state index contributed by atoms with van der Waals surface area (Å²) in [5, 5.41) is 25.6. The van der Waals surface area contributed by atoms with Crippen molar-refractivity contribution < 1.29 is 14.8 Å². The molecule has 0 aliphatic heterocycles. The van der Waals surface area contributed by atoms with E-state index in [1.54, 1.807) is 0 Å². The van der Waals surface area contributed by atoms with E-state index >= 15 is 0 Å². The largest absolute Gasteiger partial charge is 0.478 e. The summed E-state index contributed by atoms with van der Waals surface area (Å²) in [5.41, 5.74) is -0.979. The van der Waals surface area contributed by atoms with E-state index in [4.69, 9.17) is 10.4 Å². The highest BCUT2D eigenvalue weighted by Gasteiger charge is 2.10. The summed E-state index contributed by atoms with van der Waals surface area (Å²) in [6.45, 7) is 0. The van der Waals surface area contributed by atoms with Gasteiger partial charge in [-0.1, -0.05) is 0 Å². The van der Waals surface area contributed by atoms with Crippen LogP contribution in [0.3, 0.4) is 0 Å². The molecule has 0 aliphatic carbocycles. The lowest BCUT2D eigenvalue weighted by Gasteiger charge is -1.81. The fourth-order valence-corrected chi connectivity index (χ4v) is 0.243. The molecule has 0 unspecified atom stereocenters. The lowest BCUT2D eigenvalue weighted by Crippen LogP contribution is -1.99. The molecule has 6 heteroatoms. The van der Waals surface area contributed by atoms with Crippen molar-refractivity contribution in [2.45, 2.75) is 0 Å². The third-order valence-corrected chi connectivity index (χ3v) is 0.571. The van der Waals surface area contributed by atoms with Gasteiger partial charge in [0.05, 0.1) is 4.92 Å². The number of hydrogen-bond acceptors (Lipinski definition) is 4. The number of carboxylic acids is 1. The number of hydrogen-bond donors (Lipinski definition) is 1. The van der Waals surface area contributed by atoms with Crippen LogP contribution < -0.4 is 0 Å². The predicted molar refractivity (Wildman–Crippen MR) is 28.3 cm³/mol. The lowest BCUT2D eigenvalue weighted by atomic mass is 10.4. The smallest absolute Gasteiger partial charge is 0.352 e. The van der Waals surface area contributed by atoms with E-state index in [-0.39, 0.29) is 6.08 Å². The van der Waals surface area contributed by atoms with Crippen molar-refractivity contribution in [3.05, 3.63) is 21.9 Å². The molecule has 0 radical (unpaired) electrons. The summed E-state index contributed by atoms with van der Waals surface area (Å²) in [4.78, 5) is 18.4. The van der Waals surface area contributed by atoms with E-state index in [1.807, 2.05) is 0 Å². The highest BCUT2D eigenvalue weighted by Crippen LogP contribution is 1.90. The average Bonchev–Trinajstić information content (AvgIpc) is 1.81. The molecule has 10 heavy (non-hydrogen) atoms. The maximum absolute atomic E-state index is 9.74. The molecule has 52 valence electrons. The number of carbonyl (C=O) groups is 1. The standard InChI is InChI=1S/C4H2N2O4/c5-2-3(6(9)10)1-4(7)8/h1H,(H,7,8). The number of allylic oxidation sites excluding steroid dienone is 1. The summed E-state index contributed by atoms with van der Waals surface area (Å²) in [7, 11) is 0. The van der Waals surface area contributed by atoms with Crippen molar-refractivity contribution >= 4 is 5.97 Å². The maximum atomic E-state index is 9.74. The second-order valence-electron chi connectivity index (χ2n) is 1.24. The van der Waals surface area contributed by atoms with Crippen LogP contribution in [0.5, 0.6) is 0 Å². The van der Waals surface area contributed by atoms with Gasteiger partial charge in [0.1, 0.15) is 6.08 Å². The van der Waals surface area contributed by atoms with Crippen LogP contribution in [0.4, 0.5) is 0 Å². The molecule has 0 aromatic rings. The predicted octanol–water partition coefficient (Wildman–Crippen LogP) is -0.245. The number of aliphatic carboxylic acids is 1. The van der Waals surface area contributed by atoms with E-state index in [9.17, 15) is 14.9 Å². The first kappa shape index (κ1) is 8.10. The van der Waals surface area contributed by atoms with Gasteiger partial charge in [-0.25, -0.2) is 4.79 Å². The van der Waals surface area contributed by atoms with E-state index in [1.165, 1.54) is 0 Å². The zero-order valence-corrected chi connectivity index (χ0v) is 4.64. The summed E-state index contributed by atoms with van der Waals surface area (Å²) in [5.74, 6) is -1.51. The van der Waals surface area contributed by atoms with Gasteiger partial charge in [0.15, 0.2) is 6.07 Å². The molecule has 0 saturated carbocycles. The molecule has 6 nitrogen and oxygen atoms in total. The Morgan fingerprint density at radius 1 is 1.80 bits per heavy atom. The maximum Gasteiger partial charge on any atom is 0.352 e. The Bertz CT molecular complexity index is 236. The molecule has 0 bridgehead atoms. The first-order valence-electron chi connectivity index (χ1n) is 2.07. The third kappa shape index (κ3) is 2.42. The quantitative estimate of drug-likeness (QED) is 0.248. The number of nitro groups is 1. The van der Waals surface area contributed by atoms with Gasteiger partial charge >= 0.3 is 11.7 Å². The zero-order valence-electron chi connectivity index (χ0n) is 4.64.